The zero-order valence-corrected chi connectivity index (χ0v) is 11.4. The Morgan fingerprint density at radius 2 is 1.65 bits per heavy atom. The molecule has 0 spiro atoms. The van der Waals surface area contributed by atoms with E-state index < -0.39 is 5.54 Å². The molecule has 0 aliphatic carbocycles. The van der Waals surface area contributed by atoms with E-state index in [2.05, 4.69) is 11.8 Å². The van der Waals surface area contributed by atoms with Gasteiger partial charge in [-0.25, -0.2) is 0 Å². The van der Waals surface area contributed by atoms with Crippen LogP contribution in [-0.4, -0.2) is 12.1 Å². The first kappa shape index (κ1) is 13.9. The predicted molar refractivity (Wildman–Crippen MR) is 75.4 cm³/mol. The van der Waals surface area contributed by atoms with Crippen LogP contribution in [0.4, 0.5) is 0 Å². The summed E-state index contributed by atoms with van der Waals surface area (Å²) in [5.41, 5.74) is 3.01. The van der Waals surface area contributed by atoms with Gasteiger partial charge in [0.2, 0.25) is 5.54 Å². The van der Waals surface area contributed by atoms with Gasteiger partial charge in [-0.2, -0.15) is 5.26 Å². The van der Waals surface area contributed by atoms with E-state index in [9.17, 15) is 0 Å². The highest BCUT2D eigenvalue weighted by Gasteiger charge is 2.23. The van der Waals surface area contributed by atoms with E-state index in [4.69, 9.17) is 14.7 Å². The molecule has 0 saturated heterocycles. The fraction of sp³-hybridized carbons (Fsp3) is 0.188. The van der Waals surface area contributed by atoms with Crippen LogP contribution in [-0.2, 0) is 0 Å². The Balaban J connectivity index is 2.13. The highest BCUT2D eigenvalue weighted by Crippen LogP contribution is 2.31. The minimum atomic E-state index is -0.778. The number of para-hydroxylation sites is 3. The first-order valence-electron chi connectivity index (χ1n) is 6.32. The van der Waals surface area contributed by atoms with Crippen molar-refractivity contribution >= 4 is 0 Å². The van der Waals surface area contributed by atoms with Crippen LogP contribution in [0.25, 0.3) is 0 Å². The molecule has 1 unspecified atom stereocenters. The average molecular weight is 269 g/mol. The second kappa shape index (κ2) is 6.09. The molecular weight excluding hydrogens is 252 g/mol. The molecule has 102 valence electrons. The molecule has 2 aromatic carbocycles. The van der Waals surface area contributed by atoms with Crippen LogP contribution in [0.2, 0.25) is 0 Å². The van der Waals surface area contributed by atoms with E-state index in [-0.39, 0.29) is 6.61 Å². The zero-order valence-electron chi connectivity index (χ0n) is 11.4. The summed E-state index contributed by atoms with van der Waals surface area (Å²) in [6, 6.07) is 19.0. The molecule has 2 aromatic rings. The third-order valence-corrected chi connectivity index (χ3v) is 2.64. The number of nitriles is 1. The van der Waals surface area contributed by atoms with Crippen molar-refractivity contribution in [1.82, 2.24) is 0 Å². The minimum absolute atomic E-state index is 0.207. The van der Waals surface area contributed by atoms with Gasteiger partial charge in [-0.1, -0.05) is 30.3 Å². The first-order valence-corrected chi connectivity index (χ1v) is 6.32. The van der Waals surface area contributed by atoms with Crippen LogP contribution >= 0.6 is 0 Å². The van der Waals surface area contributed by atoms with Crippen molar-refractivity contribution in [3.05, 3.63) is 54.6 Å². The Labute approximate surface area is 118 Å². The molecule has 2 rings (SSSR count). The molecule has 0 aliphatic heterocycles. The third-order valence-electron chi connectivity index (χ3n) is 2.64. The molecule has 0 heterocycles. The molecule has 1 atom stereocenters. The predicted octanol–water partition coefficient (Wildman–Crippen LogP) is 2.38. The summed E-state index contributed by atoms with van der Waals surface area (Å²) < 4.78 is 11.4. The Morgan fingerprint density at radius 1 is 1.05 bits per heavy atom. The van der Waals surface area contributed by atoms with Crippen molar-refractivity contribution in [2.24, 2.45) is 0 Å². The maximum absolute atomic E-state index is 8.95. The number of rotatable bonds is 5. The number of hydrogen-bond acceptors (Lipinski definition) is 3. The highest BCUT2D eigenvalue weighted by atomic mass is 16.5. The van der Waals surface area contributed by atoms with E-state index in [1.807, 2.05) is 54.6 Å². The third kappa shape index (κ3) is 3.74. The van der Waals surface area contributed by atoms with Crippen molar-refractivity contribution < 1.29 is 15.2 Å². The average Bonchev–Trinajstić information content (AvgIpc) is 2.47. The summed E-state index contributed by atoms with van der Waals surface area (Å²) >= 11 is 0. The molecule has 3 N–H and O–H groups in total. The fourth-order valence-electron chi connectivity index (χ4n) is 1.54. The van der Waals surface area contributed by atoms with E-state index in [1.165, 1.54) is 0 Å². The largest absolute Gasteiger partial charge is 0.482 e. The highest BCUT2D eigenvalue weighted by molar-refractivity contribution is 5.42. The lowest BCUT2D eigenvalue weighted by Crippen LogP contribution is -2.72. The second-order valence-electron chi connectivity index (χ2n) is 4.82. The van der Waals surface area contributed by atoms with Gasteiger partial charge >= 0.3 is 0 Å². The van der Waals surface area contributed by atoms with Gasteiger partial charge in [-0.15, -0.1) is 0 Å². The number of quaternary nitrogens is 1. The lowest BCUT2D eigenvalue weighted by atomic mass is 10.1. The van der Waals surface area contributed by atoms with E-state index in [0.717, 1.165) is 5.75 Å². The maximum Gasteiger partial charge on any atom is 0.212 e. The molecular formula is C16H17N2O2+. The van der Waals surface area contributed by atoms with Crippen LogP contribution in [0.5, 0.6) is 17.2 Å². The van der Waals surface area contributed by atoms with Gasteiger partial charge < -0.3 is 15.2 Å². The van der Waals surface area contributed by atoms with Crippen LogP contribution < -0.4 is 15.2 Å². The quantitative estimate of drug-likeness (QED) is 0.906. The molecule has 0 bridgehead atoms. The number of nitrogens with zero attached hydrogens (tertiary/aromatic N) is 1. The Bertz CT molecular complexity index is 603. The molecule has 0 saturated carbocycles. The minimum Gasteiger partial charge on any atom is -0.482 e. The van der Waals surface area contributed by atoms with Crippen LogP contribution in [0.15, 0.2) is 54.6 Å². The molecule has 0 aromatic heterocycles. The van der Waals surface area contributed by atoms with Crippen LogP contribution in [0.1, 0.15) is 6.92 Å². The summed E-state index contributed by atoms with van der Waals surface area (Å²) in [5.74, 6) is 1.95. The lowest BCUT2D eigenvalue weighted by Gasteiger charge is -2.16. The van der Waals surface area contributed by atoms with Crippen molar-refractivity contribution in [1.29, 1.82) is 5.26 Å². The van der Waals surface area contributed by atoms with Gasteiger partial charge in [0.15, 0.2) is 18.1 Å². The number of hydrogen-bond donors (Lipinski definition) is 1. The SMILES string of the molecule is CC([NH3+])(C#N)COc1ccccc1Oc1ccccc1. The van der Waals surface area contributed by atoms with Crippen molar-refractivity contribution in [3.8, 4) is 23.3 Å². The molecule has 20 heavy (non-hydrogen) atoms. The van der Waals surface area contributed by atoms with Crippen molar-refractivity contribution in [3.63, 3.8) is 0 Å². The molecule has 0 fully saturated rings. The second-order valence-corrected chi connectivity index (χ2v) is 4.82. The Morgan fingerprint density at radius 3 is 2.30 bits per heavy atom. The van der Waals surface area contributed by atoms with Gasteiger partial charge in [0.1, 0.15) is 11.8 Å². The lowest BCUT2D eigenvalue weighted by molar-refractivity contribution is -0.453. The van der Waals surface area contributed by atoms with Gasteiger partial charge in [-0.3, -0.25) is 0 Å². The van der Waals surface area contributed by atoms with Gasteiger partial charge in [0, 0.05) is 6.92 Å². The van der Waals surface area contributed by atoms with Crippen molar-refractivity contribution in [2.75, 3.05) is 6.61 Å². The van der Waals surface area contributed by atoms with E-state index >= 15 is 0 Å². The fourth-order valence-corrected chi connectivity index (χ4v) is 1.54. The molecule has 4 heteroatoms. The summed E-state index contributed by atoms with van der Waals surface area (Å²) in [4.78, 5) is 0. The molecule has 4 nitrogen and oxygen atoms in total. The van der Waals surface area contributed by atoms with Crippen molar-refractivity contribution in [2.45, 2.75) is 12.5 Å². The van der Waals surface area contributed by atoms with Gasteiger partial charge in [0.05, 0.1) is 0 Å². The Hall–Kier alpha value is -2.51. The van der Waals surface area contributed by atoms with E-state index in [1.54, 1.807) is 6.92 Å². The zero-order chi connectivity index (χ0) is 14.4. The summed E-state index contributed by atoms with van der Waals surface area (Å²) in [6.45, 7) is 1.94. The summed E-state index contributed by atoms with van der Waals surface area (Å²) in [6.07, 6.45) is 0. The maximum atomic E-state index is 8.95. The normalized spacial score (nSPS) is 13.1. The van der Waals surface area contributed by atoms with Crippen LogP contribution in [0.3, 0.4) is 0 Å². The van der Waals surface area contributed by atoms with Crippen LogP contribution in [0, 0.1) is 11.3 Å². The molecule has 0 amide bonds. The van der Waals surface area contributed by atoms with Gasteiger partial charge in [-0.05, 0) is 24.3 Å². The first-order chi connectivity index (χ1) is 9.61. The Kier molecular flexibility index (Phi) is 4.24. The molecule has 0 aliphatic rings. The summed E-state index contributed by atoms with van der Waals surface area (Å²) in [5, 5.41) is 8.95. The topological polar surface area (TPSA) is 69.9 Å². The number of ether oxygens (including phenoxy) is 2. The summed E-state index contributed by atoms with van der Waals surface area (Å²) in [7, 11) is 0. The number of benzene rings is 2. The van der Waals surface area contributed by atoms with E-state index in [0.29, 0.717) is 11.5 Å². The standard InChI is InChI=1S/C16H16N2O2/c1-16(18,11-17)12-19-14-9-5-6-10-15(14)20-13-7-3-2-4-8-13/h2-10H,12,18H2,1H3/p+1. The monoisotopic (exact) mass is 269 g/mol. The molecule has 0 radical (unpaired) electrons. The smallest absolute Gasteiger partial charge is 0.212 e. The van der Waals surface area contributed by atoms with Gasteiger partial charge in [0.25, 0.3) is 0 Å².